The molecule has 0 spiro atoms. The molecule has 1 aliphatic rings. The van der Waals surface area contributed by atoms with Crippen LogP contribution in [0, 0.1) is 0 Å². The highest BCUT2D eigenvalue weighted by molar-refractivity contribution is 5.83. The van der Waals surface area contributed by atoms with E-state index in [0.29, 0.717) is 44.3 Å². The van der Waals surface area contributed by atoms with Crippen LogP contribution in [0.1, 0.15) is 47.6 Å². The second-order valence-electron chi connectivity index (χ2n) is 7.53. The molecule has 0 saturated carbocycles. The molecule has 3 rings (SSSR count). The number of carbonyl (C=O) groups is 2. The number of aromatic carboxylic acids is 1. The zero-order chi connectivity index (χ0) is 22.4. The van der Waals surface area contributed by atoms with Crippen LogP contribution in [-0.4, -0.2) is 55.6 Å². The topological polar surface area (TPSA) is 107 Å². The molecule has 1 aromatic heterocycles. The fourth-order valence-electron chi connectivity index (χ4n) is 3.66. The summed E-state index contributed by atoms with van der Waals surface area (Å²) in [6.45, 7) is 0.389. The number of nitrogens with zero attached hydrogens (tertiary/aromatic N) is 2. The lowest BCUT2D eigenvalue weighted by molar-refractivity contribution is -0.135. The van der Waals surface area contributed by atoms with Crippen molar-refractivity contribution in [2.75, 3.05) is 6.54 Å². The number of hydrogen-bond donors (Lipinski definition) is 3. The van der Waals surface area contributed by atoms with Gasteiger partial charge in [-0.05, 0) is 25.7 Å². The first-order chi connectivity index (χ1) is 14.8. The lowest BCUT2D eigenvalue weighted by atomic mass is 9.98. The standard InChI is InChI=1S/C22H25F2N3O4/c23-22(24,15-6-2-1-3-7-15)18(28)12-11-17-9-4-10-19(29)27(17)13-5-8-16-14-25-20(26-16)21(30)31/h1-3,6-7,11-12,14,17-18,28H,4-5,8-10,13H2,(H,25,26)(H,30,31)/t17-,18-/m1/s1. The predicted octanol–water partition coefficient (Wildman–Crippen LogP) is 3.13. The molecule has 31 heavy (non-hydrogen) atoms. The van der Waals surface area contributed by atoms with Gasteiger partial charge in [0.1, 0.15) is 6.10 Å². The third-order valence-corrected chi connectivity index (χ3v) is 5.33. The minimum Gasteiger partial charge on any atom is -0.475 e. The first kappa shape index (κ1) is 22.6. The van der Waals surface area contributed by atoms with Gasteiger partial charge in [-0.3, -0.25) is 4.79 Å². The number of rotatable bonds is 9. The number of aryl methyl sites for hydroxylation is 1. The molecule has 0 unspecified atom stereocenters. The molecule has 0 bridgehead atoms. The number of likely N-dealkylation sites (tertiary alicyclic amines) is 1. The number of halogens is 2. The fraction of sp³-hybridized carbons (Fsp3) is 0.409. The smallest absolute Gasteiger partial charge is 0.371 e. The number of piperidine rings is 1. The lowest BCUT2D eigenvalue weighted by Crippen LogP contribution is -2.43. The van der Waals surface area contributed by atoms with Crippen LogP contribution in [0.25, 0.3) is 0 Å². The van der Waals surface area contributed by atoms with Gasteiger partial charge in [-0.15, -0.1) is 0 Å². The Balaban J connectivity index is 1.61. The summed E-state index contributed by atoms with van der Waals surface area (Å²) in [6.07, 6.45) is 4.70. The summed E-state index contributed by atoms with van der Waals surface area (Å²) in [5.74, 6) is -4.79. The molecule has 1 aliphatic heterocycles. The molecular formula is C22H25F2N3O4. The Labute approximate surface area is 178 Å². The lowest BCUT2D eigenvalue weighted by Gasteiger charge is -2.34. The number of carboxylic acid groups (broad SMARTS) is 1. The monoisotopic (exact) mass is 433 g/mol. The number of aromatic nitrogens is 2. The minimum absolute atomic E-state index is 0.0685. The molecule has 1 amide bonds. The van der Waals surface area contributed by atoms with Gasteiger partial charge < -0.3 is 20.1 Å². The zero-order valence-electron chi connectivity index (χ0n) is 16.9. The number of H-pyrrole nitrogens is 1. The molecule has 9 heteroatoms. The van der Waals surface area contributed by atoms with Gasteiger partial charge >= 0.3 is 11.9 Å². The van der Waals surface area contributed by atoms with Gasteiger partial charge in [-0.1, -0.05) is 42.5 Å². The van der Waals surface area contributed by atoms with Gasteiger partial charge in [0, 0.05) is 30.4 Å². The highest BCUT2D eigenvalue weighted by Gasteiger charge is 2.39. The summed E-state index contributed by atoms with van der Waals surface area (Å²) >= 11 is 0. The van der Waals surface area contributed by atoms with Crippen molar-refractivity contribution in [3.05, 3.63) is 65.8 Å². The number of benzene rings is 1. The first-order valence-corrected chi connectivity index (χ1v) is 10.2. The Morgan fingerprint density at radius 2 is 2.10 bits per heavy atom. The van der Waals surface area contributed by atoms with E-state index in [1.54, 1.807) is 11.0 Å². The van der Waals surface area contributed by atoms with Crippen LogP contribution in [0.5, 0.6) is 0 Å². The van der Waals surface area contributed by atoms with Crippen LogP contribution in [0.15, 0.2) is 48.7 Å². The minimum atomic E-state index is -3.44. The summed E-state index contributed by atoms with van der Waals surface area (Å²) in [4.78, 5) is 31.4. The number of aliphatic hydroxyl groups excluding tert-OH is 1. The Bertz CT molecular complexity index is 930. The van der Waals surface area contributed by atoms with E-state index in [1.165, 1.54) is 36.5 Å². The number of aromatic amines is 1. The van der Waals surface area contributed by atoms with E-state index in [9.17, 15) is 23.5 Å². The Morgan fingerprint density at radius 1 is 1.35 bits per heavy atom. The van der Waals surface area contributed by atoms with E-state index in [-0.39, 0.29) is 23.3 Å². The number of nitrogens with one attached hydrogen (secondary N) is 1. The normalized spacial score (nSPS) is 18.5. The van der Waals surface area contributed by atoms with Crippen molar-refractivity contribution >= 4 is 11.9 Å². The fourth-order valence-corrected chi connectivity index (χ4v) is 3.66. The average molecular weight is 433 g/mol. The molecule has 1 aromatic carbocycles. The number of carbonyl (C=O) groups excluding carboxylic acids is 1. The predicted molar refractivity (Wildman–Crippen MR) is 109 cm³/mol. The molecule has 2 heterocycles. The number of imidazole rings is 1. The number of carboxylic acids is 1. The summed E-state index contributed by atoms with van der Waals surface area (Å²) in [6, 6.07) is 6.75. The van der Waals surface area contributed by atoms with Crippen molar-refractivity contribution in [3.63, 3.8) is 0 Å². The molecule has 1 fully saturated rings. The van der Waals surface area contributed by atoms with Crippen LogP contribution in [0.3, 0.4) is 0 Å². The highest BCUT2D eigenvalue weighted by Crippen LogP contribution is 2.32. The van der Waals surface area contributed by atoms with Gasteiger partial charge in [0.15, 0.2) is 0 Å². The maximum Gasteiger partial charge on any atom is 0.371 e. The van der Waals surface area contributed by atoms with E-state index in [4.69, 9.17) is 5.11 Å². The van der Waals surface area contributed by atoms with Gasteiger partial charge in [-0.2, -0.15) is 8.78 Å². The maximum absolute atomic E-state index is 14.5. The largest absolute Gasteiger partial charge is 0.475 e. The molecular weight excluding hydrogens is 408 g/mol. The summed E-state index contributed by atoms with van der Waals surface area (Å²) in [5, 5.41) is 19.0. The first-order valence-electron chi connectivity index (χ1n) is 10.2. The molecule has 3 N–H and O–H groups in total. The van der Waals surface area contributed by atoms with E-state index in [2.05, 4.69) is 9.97 Å². The molecule has 1 saturated heterocycles. The van der Waals surface area contributed by atoms with Crippen LogP contribution >= 0.6 is 0 Å². The highest BCUT2D eigenvalue weighted by atomic mass is 19.3. The van der Waals surface area contributed by atoms with Gasteiger partial charge in [0.25, 0.3) is 0 Å². The summed E-state index contributed by atoms with van der Waals surface area (Å²) < 4.78 is 29.0. The number of amides is 1. The Kier molecular flexibility index (Phi) is 7.17. The maximum atomic E-state index is 14.5. The Hall–Kier alpha value is -3.07. The molecule has 7 nitrogen and oxygen atoms in total. The molecule has 0 radical (unpaired) electrons. The molecule has 2 atom stereocenters. The van der Waals surface area contributed by atoms with Crippen molar-refractivity contribution in [1.29, 1.82) is 0 Å². The van der Waals surface area contributed by atoms with E-state index in [0.717, 1.165) is 6.08 Å². The third kappa shape index (κ3) is 5.55. The van der Waals surface area contributed by atoms with Gasteiger partial charge in [-0.25, -0.2) is 9.78 Å². The number of alkyl halides is 2. The Morgan fingerprint density at radius 3 is 2.77 bits per heavy atom. The quantitative estimate of drug-likeness (QED) is 0.527. The third-order valence-electron chi connectivity index (χ3n) is 5.33. The summed E-state index contributed by atoms with van der Waals surface area (Å²) in [7, 11) is 0. The van der Waals surface area contributed by atoms with E-state index >= 15 is 0 Å². The average Bonchev–Trinajstić information content (AvgIpc) is 3.23. The van der Waals surface area contributed by atoms with Crippen LogP contribution in [0.2, 0.25) is 0 Å². The SMILES string of the molecule is O=C(O)c1ncc(CCCN2C(=O)CCC[C@@H]2C=C[C@@H](O)C(F)(F)c2ccccc2)[nH]1. The van der Waals surface area contributed by atoms with E-state index < -0.39 is 18.0 Å². The molecule has 0 aliphatic carbocycles. The second-order valence-corrected chi connectivity index (χ2v) is 7.53. The van der Waals surface area contributed by atoms with Crippen molar-refractivity contribution < 1.29 is 28.6 Å². The molecule has 166 valence electrons. The van der Waals surface area contributed by atoms with Crippen molar-refractivity contribution in [3.8, 4) is 0 Å². The van der Waals surface area contributed by atoms with Crippen LogP contribution in [0.4, 0.5) is 8.78 Å². The molecule has 2 aromatic rings. The van der Waals surface area contributed by atoms with Crippen LogP contribution < -0.4 is 0 Å². The zero-order valence-corrected chi connectivity index (χ0v) is 16.9. The van der Waals surface area contributed by atoms with Gasteiger partial charge in [0.2, 0.25) is 11.7 Å². The second kappa shape index (κ2) is 9.82. The van der Waals surface area contributed by atoms with Crippen molar-refractivity contribution in [1.82, 2.24) is 14.9 Å². The number of aliphatic hydroxyl groups is 1. The van der Waals surface area contributed by atoms with E-state index in [1.807, 2.05) is 0 Å². The summed E-state index contributed by atoms with van der Waals surface area (Å²) in [5.41, 5.74) is 0.371. The van der Waals surface area contributed by atoms with Crippen molar-refractivity contribution in [2.45, 2.75) is 50.2 Å². The van der Waals surface area contributed by atoms with Gasteiger partial charge in [0.05, 0.1) is 6.04 Å². The van der Waals surface area contributed by atoms with Crippen LogP contribution in [-0.2, 0) is 17.1 Å². The van der Waals surface area contributed by atoms with Crippen molar-refractivity contribution in [2.24, 2.45) is 0 Å². The number of hydrogen-bond acceptors (Lipinski definition) is 4.